The van der Waals surface area contributed by atoms with Crippen LogP contribution in [-0.2, 0) is 11.3 Å². The number of para-hydroxylation sites is 1. The second kappa shape index (κ2) is 6.73. The molecular formula is C16H18N2O2. The zero-order chi connectivity index (χ0) is 14.4. The molecule has 0 saturated heterocycles. The molecule has 4 nitrogen and oxygen atoms in total. The molecule has 4 heteroatoms. The largest absolute Gasteiger partial charge is 0.496 e. The van der Waals surface area contributed by atoms with E-state index >= 15 is 0 Å². The van der Waals surface area contributed by atoms with Gasteiger partial charge >= 0.3 is 0 Å². The van der Waals surface area contributed by atoms with Crippen LogP contribution in [0.1, 0.15) is 17.2 Å². The van der Waals surface area contributed by atoms with E-state index in [-0.39, 0.29) is 0 Å². The van der Waals surface area contributed by atoms with Gasteiger partial charge in [-0.05, 0) is 11.6 Å². The van der Waals surface area contributed by atoms with Gasteiger partial charge in [-0.15, -0.1) is 0 Å². The van der Waals surface area contributed by atoms with Gasteiger partial charge in [0.1, 0.15) is 11.8 Å². The molecule has 2 rings (SSSR count). The molecule has 0 aliphatic rings. The summed E-state index contributed by atoms with van der Waals surface area (Å²) in [4.78, 5) is 11.6. The lowest BCUT2D eigenvalue weighted by molar-refractivity contribution is -0.120. The van der Waals surface area contributed by atoms with Gasteiger partial charge in [0.15, 0.2) is 0 Å². The summed E-state index contributed by atoms with van der Waals surface area (Å²) < 4.78 is 5.29. The molecule has 2 aromatic rings. The van der Waals surface area contributed by atoms with Gasteiger partial charge in [-0.2, -0.15) is 0 Å². The molecule has 0 radical (unpaired) electrons. The summed E-state index contributed by atoms with van der Waals surface area (Å²) in [6.07, 6.45) is 0. The fourth-order valence-electron chi connectivity index (χ4n) is 2.09. The van der Waals surface area contributed by atoms with E-state index in [0.717, 1.165) is 16.9 Å². The first kappa shape index (κ1) is 14.1. The molecule has 0 bridgehead atoms. The average molecular weight is 270 g/mol. The van der Waals surface area contributed by atoms with Crippen LogP contribution >= 0.6 is 0 Å². The van der Waals surface area contributed by atoms with Gasteiger partial charge in [0, 0.05) is 12.1 Å². The number of carbonyl (C=O) groups is 1. The van der Waals surface area contributed by atoms with Crippen LogP contribution in [0, 0.1) is 0 Å². The van der Waals surface area contributed by atoms with Crippen molar-refractivity contribution in [1.82, 2.24) is 5.32 Å². The van der Waals surface area contributed by atoms with E-state index in [1.165, 1.54) is 0 Å². The number of carbonyl (C=O) groups excluding carboxylic acids is 1. The molecule has 0 aliphatic heterocycles. The summed E-state index contributed by atoms with van der Waals surface area (Å²) >= 11 is 0. The van der Waals surface area contributed by atoms with E-state index in [9.17, 15) is 4.79 Å². The molecule has 0 heterocycles. The summed E-state index contributed by atoms with van der Waals surface area (Å²) in [5.41, 5.74) is 7.31. The van der Waals surface area contributed by atoms with E-state index < -0.39 is 11.9 Å². The molecule has 20 heavy (non-hydrogen) atoms. The maximum absolute atomic E-state index is 11.6. The summed E-state index contributed by atoms with van der Waals surface area (Å²) in [5, 5.41) is 3.17. The lowest BCUT2D eigenvalue weighted by Gasteiger charge is -2.17. The van der Waals surface area contributed by atoms with E-state index in [1.807, 2.05) is 54.6 Å². The number of nitrogens with two attached hydrogens (primary N) is 1. The predicted molar refractivity (Wildman–Crippen MR) is 78.2 cm³/mol. The Labute approximate surface area is 118 Å². The SMILES string of the molecule is COc1ccccc1CN[C@H](C(N)=O)c1ccccc1. The first-order valence-electron chi connectivity index (χ1n) is 6.42. The van der Waals surface area contributed by atoms with Gasteiger partial charge in [0.2, 0.25) is 5.91 Å². The van der Waals surface area contributed by atoms with Gasteiger partial charge in [0.25, 0.3) is 0 Å². The molecule has 0 aliphatic carbocycles. The summed E-state index contributed by atoms with van der Waals surface area (Å²) in [5.74, 6) is 0.391. The molecule has 0 aromatic heterocycles. The van der Waals surface area contributed by atoms with Crippen LogP contribution in [0.5, 0.6) is 5.75 Å². The Morgan fingerprint density at radius 2 is 1.80 bits per heavy atom. The van der Waals surface area contributed by atoms with Gasteiger partial charge < -0.3 is 10.5 Å². The highest BCUT2D eigenvalue weighted by atomic mass is 16.5. The van der Waals surface area contributed by atoms with Crippen molar-refractivity contribution < 1.29 is 9.53 Å². The van der Waals surface area contributed by atoms with Crippen LogP contribution in [-0.4, -0.2) is 13.0 Å². The third kappa shape index (κ3) is 3.36. The molecule has 2 aromatic carbocycles. The van der Waals surface area contributed by atoms with Gasteiger partial charge in [-0.3, -0.25) is 10.1 Å². The normalized spacial score (nSPS) is 11.8. The average Bonchev–Trinajstić information content (AvgIpc) is 2.48. The Hall–Kier alpha value is -2.33. The van der Waals surface area contributed by atoms with E-state index in [4.69, 9.17) is 10.5 Å². The van der Waals surface area contributed by atoms with Gasteiger partial charge in [-0.25, -0.2) is 0 Å². The number of benzene rings is 2. The minimum atomic E-state index is -0.513. The van der Waals surface area contributed by atoms with Crippen LogP contribution in [0.15, 0.2) is 54.6 Å². The minimum Gasteiger partial charge on any atom is -0.496 e. The number of amides is 1. The Bertz CT molecular complexity index is 570. The Morgan fingerprint density at radius 1 is 1.15 bits per heavy atom. The van der Waals surface area contributed by atoms with Crippen LogP contribution in [0.25, 0.3) is 0 Å². The lowest BCUT2D eigenvalue weighted by Crippen LogP contribution is -2.33. The Morgan fingerprint density at radius 3 is 2.45 bits per heavy atom. The van der Waals surface area contributed by atoms with E-state index in [2.05, 4.69) is 5.32 Å². The summed E-state index contributed by atoms with van der Waals surface area (Å²) in [6.45, 7) is 0.506. The second-order valence-corrected chi connectivity index (χ2v) is 4.44. The first-order valence-corrected chi connectivity index (χ1v) is 6.42. The molecule has 1 atom stereocenters. The van der Waals surface area contributed by atoms with Crippen molar-refractivity contribution in [1.29, 1.82) is 0 Å². The standard InChI is InChI=1S/C16H18N2O2/c1-20-14-10-6-5-9-13(14)11-18-15(16(17)19)12-7-3-2-4-8-12/h2-10,15,18H,11H2,1H3,(H2,17,19)/t15-/m0/s1. The topological polar surface area (TPSA) is 64.3 Å². The molecule has 0 saturated carbocycles. The van der Waals surface area contributed by atoms with Crippen molar-refractivity contribution in [2.24, 2.45) is 5.73 Å². The van der Waals surface area contributed by atoms with Crippen molar-refractivity contribution in [2.45, 2.75) is 12.6 Å². The van der Waals surface area contributed by atoms with E-state index in [1.54, 1.807) is 7.11 Å². The number of methoxy groups -OCH3 is 1. The first-order chi connectivity index (χ1) is 9.72. The number of primary amides is 1. The second-order valence-electron chi connectivity index (χ2n) is 4.44. The van der Waals surface area contributed by atoms with Gasteiger partial charge in [-0.1, -0.05) is 48.5 Å². The third-order valence-corrected chi connectivity index (χ3v) is 3.11. The Kier molecular flexibility index (Phi) is 4.74. The number of nitrogens with one attached hydrogen (secondary N) is 1. The number of hydrogen-bond acceptors (Lipinski definition) is 3. The van der Waals surface area contributed by atoms with Crippen molar-refractivity contribution in [3.8, 4) is 5.75 Å². The van der Waals surface area contributed by atoms with Crippen molar-refractivity contribution in [3.63, 3.8) is 0 Å². The maximum Gasteiger partial charge on any atom is 0.239 e. The number of ether oxygens (including phenoxy) is 1. The molecule has 1 amide bonds. The van der Waals surface area contributed by atoms with Crippen molar-refractivity contribution >= 4 is 5.91 Å². The number of hydrogen-bond donors (Lipinski definition) is 2. The third-order valence-electron chi connectivity index (χ3n) is 3.11. The zero-order valence-corrected chi connectivity index (χ0v) is 11.4. The molecule has 0 fully saturated rings. The number of rotatable bonds is 6. The monoisotopic (exact) mass is 270 g/mol. The lowest BCUT2D eigenvalue weighted by atomic mass is 10.1. The summed E-state index contributed by atoms with van der Waals surface area (Å²) in [6, 6.07) is 16.6. The minimum absolute atomic E-state index is 0.397. The molecule has 0 unspecified atom stereocenters. The highest BCUT2D eigenvalue weighted by molar-refractivity contribution is 5.81. The van der Waals surface area contributed by atoms with Crippen LogP contribution in [0.4, 0.5) is 0 Å². The van der Waals surface area contributed by atoms with Crippen molar-refractivity contribution in [2.75, 3.05) is 7.11 Å². The Balaban J connectivity index is 2.12. The van der Waals surface area contributed by atoms with Crippen molar-refractivity contribution in [3.05, 3.63) is 65.7 Å². The molecule has 104 valence electrons. The fraction of sp³-hybridized carbons (Fsp3) is 0.188. The molecular weight excluding hydrogens is 252 g/mol. The smallest absolute Gasteiger partial charge is 0.239 e. The van der Waals surface area contributed by atoms with Crippen LogP contribution in [0.2, 0.25) is 0 Å². The molecule has 3 N–H and O–H groups in total. The highest BCUT2D eigenvalue weighted by Gasteiger charge is 2.17. The van der Waals surface area contributed by atoms with Crippen LogP contribution < -0.4 is 15.8 Å². The zero-order valence-electron chi connectivity index (χ0n) is 11.4. The van der Waals surface area contributed by atoms with Crippen LogP contribution in [0.3, 0.4) is 0 Å². The van der Waals surface area contributed by atoms with Gasteiger partial charge in [0.05, 0.1) is 7.11 Å². The molecule has 0 spiro atoms. The highest BCUT2D eigenvalue weighted by Crippen LogP contribution is 2.19. The predicted octanol–water partition coefficient (Wildman–Crippen LogP) is 2.01. The maximum atomic E-state index is 11.6. The quantitative estimate of drug-likeness (QED) is 0.844. The van der Waals surface area contributed by atoms with E-state index in [0.29, 0.717) is 6.54 Å². The summed E-state index contributed by atoms with van der Waals surface area (Å²) in [7, 11) is 1.63. The fourth-order valence-corrected chi connectivity index (χ4v) is 2.09.